The summed E-state index contributed by atoms with van der Waals surface area (Å²) in [6, 6.07) is 0. The lowest BCUT2D eigenvalue weighted by Gasteiger charge is -2.30. The lowest BCUT2D eigenvalue weighted by Crippen LogP contribution is -2.37. The van der Waals surface area contributed by atoms with Crippen molar-refractivity contribution < 1.29 is 4.79 Å². The average molecular weight is 214 g/mol. The Labute approximate surface area is 90.2 Å². The summed E-state index contributed by atoms with van der Waals surface area (Å²) in [6.45, 7) is 3.55. The van der Waals surface area contributed by atoms with E-state index in [1.807, 2.05) is 0 Å². The second-order valence-corrected chi connectivity index (χ2v) is 3.73. The summed E-state index contributed by atoms with van der Waals surface area (Å²) in [5.41, 5.74) is 2.24. The fraction of sp³-hybridized carbons (Fsp3) is 0.545. The van der Waals surface area contributed by atoms with Crippen LogP contribution in [0.25, 0.3) is 0 Å². The highest BCUT2D eigenvalue weighted by molar-refractivity contribution is 6.25. The highest BCUT2D eigenvalue weighted by Gasteiger charge is 2.12. The maximum absolute atomic E-state index is 10.6. The van der Waals surface area contributed by atoms with Gasteiger partial charge in [-0.15, -0.1) is 0 Å². The van der Waals surface area contributed by atoms with Crippen LogP contribution in [0.5, 0.6) is 0 Å². The molecule has 0 bridgehead atoms. The van der Waals surface area contributed by atoms with E-state index in [-0.39, 0.29) is 0 Å². The normalized spacial score (nSPS) is 18.5. The van der Waals surface area contributed by atoms with E-state index in [1.165, 1.54) is 25.0 Å². The molecule has 0 radical (unpaired) electrons. The Kier molecular flexibility index (Phi) is 5.57. The molecule has 0 amide bonds. The fourth-order valence-corrected chi connectivity index (χ4v) is 1.53. The maximum atomic E-state index is 10.6. The second-order valence-electron chi connectivity index (χ2n) is 3.48. The quantitative estimate of drug-likeness (QED) is 0.384. The Morgan fingerprint density at radius 3 is 2.71 bits per heavy atom. The van der Waals surface area contributed by atoms with Crippen LogP contribution in [-0.2, 0) is 4.79 Å². The van der Waals surface area contributed by atoms with Crippen LogP contribution in [-0.4, -0.2) is 30.8 Å². The molecule has 1 saturated heterocycles. The van der Waals surface area contributed by atoms with E-state index in [2.05, 4.69) is 4.90 Å². The number of carbonyl (C=O) groups excluding carboxylic acids is 1. The predicted octanol–water partition coefficient (Wildman–Crippen LogP) is 2.35. The van der Waals surface area contributed by atoms with Gasteiger partial charge in [-0.1, -0.05) is 23.8 Å². The van der Waals surface area contributed by atoms with E-state index in [4.69, 9.17) is 11.6 Å². The summed E-state index contributed by atoms with van der Waals surface area (Å²) in [5, 5.41) is 0. The van der Waals surface area contributed by atoms with Gasteiger partial charge < -0.3 is 4.90 Å². The van der Waals surface area contributed by atoms with Crippen molar-refractivity contribution in [2.45, 2.75) is 19.3 Å². The molecule has 0 spiro atoms. The van der Waals surface area contributed by atoms with Gasteiger partial charge in [0.2, 0.25) is 0 Å². The number of allylic oxidation sites excluding steroid dienone is 3. The van der Waals surface area contributed by atoms with Gasteiger partial charge in [-0.3, -0.25) is 4.79 Å². The van der Waals surface area contributed by atoms with E-state index in [1.54, 1.807) is 12.2 Å². The molecule has 1 aliphatic rings. The van der Waals surface area contributed by atoms with Gasteiger partial charge in [-0.2, -0.15) is 0 Å². The molecular formula is C11H16ClNO. The molecular weight excluding hydrogens is 198 g/mol. The van der Waals surface area contributed by atoms with Crippen LogP contribution < -0.4 is 0 Å². The number of carbonyl (C=O) groups is 1. The van der Waals surface area contributed by atoms with Gasteiger partial charge in [-0.25, -0.2) is 0 Å². The predicted molar refractivity (Wildman–Crippen MR) is 59.4 cm³/mol. The standard InChI is InChI=1S/C11H16ClNO/c12-6-1-4-11(10-14)5-2-7-13-8-3-9-13/h1,4,6,10H,2-3,5,7-9H2/b6-1+,11-4-. The summed E-state index contributed by atoms with van der Waals surface area (Å²) in [4.78, 5) is 13.0. The van der Waals surface area contributed by atoms with Crippen molar-refractivity contribution in [3.05, 3.63) is 23.3 Å². The van der Waals surface area contributed by atoms with Crippen molar-refractivity contribution >= 4 is 17.9 Å². The third kappa shape index (κ3) is 4.07. The minimum Gasteiger partial charge on any atom is -0.303 e. The molecule has 0 aromatic rings. The molecule has 1 rings (SSSR count). The Morgan fingerprint density at radius 2 is 2.21 bits per heavy atom. The van der Waals surface area contributed by atoms with E-state index in [9.17, 15) is 4.79 Å². The third-order valence-corrected chi connectivity index (χ3v) is 2.57. The number of hydrogen-bond acceptors (Lipinski definition) is 2. The van der Waals surface area contributed by atoms with Crippen LogP contribution in [0, 0.1) is 0 Å². The zero-order valence-electron chi connectivity index (χ0n) is 8.29. The van der Waals surface area contributed by atoms with E-state index in [0.717, 1.165) is 31.2 Å². The van der Waals surface area contributed by atoms with Crippen molar-refractivity contribution in [3.8, 4) is 0 Å². The van der Waals surface area contributed by atoms with E-state index < -0.39 is 0 Å². The van der Waals surface area contributed by atoms with Crippen LogP contribution in [0.15, 0.2) is 23.3 Å². The lowest BCUT2D eigenvalue weighted by molar-refractivity contribution is -0.105. The number of rotatable bonds is 6. The molecule has 78 valence electrons. The summed E-state index contributed by atoms with van der Waals surface area (Å²) in [5.74, 6) is 0. The first-order valence-corrected chi connectivity index (χ1v) is 5.44. The van der Waals surface area contributed by atoms with Crippen LogP contribution in [0.1, 0.15) is 19.3 Å². The molecule has 0 aromatic heterocycles. The van der Waals surface area contributed by atoms with Gasteiger partial charge in [0.25, 0.3) is 0 Å². The molecule has 1 aliphatic heterocycles. The number of nitrogens with zero attached hydrogens (tertiary/aromatic N) is 1. The Bertz CT molecular complexity index is 231. The van der Waals surface area contributed by atoms with Crippen LogP contribution in [0.4, 0.5) is 0 Å². The van der Waals surface area contributed by atoms with Crippen LogP contribution >= 0.6 is 11.6 Å². The highest BCUT2D eigenvalue weighted by atomic mass is 35.5. The molecule has 3 heteroatoms. The van der Waals surface area contributed by atoms with Crippen molar-refractivity contribution in [2.24, 2.45) is 0 Å². The van der Waals surface area contributed by atoms with Crippen molar-refractivity contribution in [2.75, 3.05) is 19.6 Å². The molecule has 14 heavy (non-hydrogen) atoms. The van der Waals surface area contributed by atoms with E-state index in [0.29, 0.717) is 0 Å². The minimum atomic E-state index is 0.822. The molecule has 2 nitrogen and oxygen atoms in total. The topological polar surface area (TPSA) is 20.3 Å². The van der Waals surface area contributed by atoms with Crippen molar-refractivity contribution in [3.63, 3.8) is 0 Å². The molecule has 1 fully saturated rings. The minimum absolute atomic E-state index is 0.822. The average Bonchev–Trinajstić information content (AvgIpc) is 2.14. The first kappa shape index (κ1) is 11.5. The van der Waals surface area contributed by atoms with Gasteiger partial charge in [0, 0.05) is 5.54 Å². The molecule has 1 heterocycles. The third-order valence-electron chi connectivity index (χ3n) is 2.42. The largest absolute Gasteiger partial charge is 0.303 e. The molecule has 0 aliphatic carbocycles. The second kappa shape index (κ2) is 6.80. The van der Waals surface area contributed by atoms with Crippen LogP contribution in [0.3, 0.4) is 0 Å². The summed E-state index contributed by atoms with van der Waals surface area (Å²) < 4.78 is 0. The van der Waals surface area contributed by atoms with Crippen molar-refractivity contribution in [1.29, 1.82) is 0 Å². The number of halogens is 1. The number of hydrogen-bond donors (Lipinski definition) is 0. The first-order valence-electron chi connectivity index (χ1n) is 5.00. The first-order chi connectivity index (χ1) is 6.86. The zero-order valence-corrected chi connectivity index (χ0v) is 9.04. The van der Waals surface area contributed by atoms with Gasteiger partial charge in [0.1, 0.15) is 6.29 Å². The van der Waals surface area contributed by atoms with Crippen molar-refractivity contribution in [1.82, 2.24) is 4.90 Å². The van der Waals surface area contributed by atoms with Gasteiger partial charge in [0.05, 0.1) is 0 Å². The van der Waals surface area contributed by atoms with Gasteiger partial charge >= 0.3 is 0 Å². The molecule has 0 N–H and O–H groups in total. The Balaban J connectivity index is 2.16. The molecule has 0 saturated carbocycles. The number of likely N-dealkylation sites (tertiary alicyclic amines) is 1. The summed E-state index contributed by atoms with van der Waals surface area (Å²) >= 11 is 5.37. The molecule has 0 aromatic carbocycles. The highest BCUT2D eigenvalue weighted by Crippen LogP contribution is 2.09. The fourth-order valence-electron chi connectivity index (χ4n) is 1.45. The number of aldehydes is 1. The summed E-state index contributed by atoms with van der Waals surface area (Å²) in [6.07, 6.45) is 7.60. The SMILES string of the molecule is O=C/C(=C\C=C\Cl)CCCN1CCC1. The van der Waals surface area contributed by atoms with Gasteiger partial charge in [0.15, 0.2) is 0 Å². The monoisotopic (exact) mass is 213 g/mol. The molecule has 0 atom stereocenters. The van der Waals surface area contributed by atoms with E-state index >= 15 is 0 Å². The van der Waals surface area contributed by atoms with Crippen LogP contribution in [0.2, 0.25) is 0 Å². The molecule has 0 unspecified atom stereocenters. The lowest BCUT2D eigenvalue weighted by atomic mass is 10.1. The smallest absolute Gasteiger partial charge is 0.146 e. The maximum Gasteiger partial charge on any atom is 0.146 e. The summed E-state index contributed by atoms with van der Waals surface area (Å²) in [7, 11) is 0. The Morgan fingerprint density at radius 1 is 1.43 bits per heavy atom. The zero-order chi connectivity index (χ0) is 10.2. The Hall–Kier alpha value is -0.600. The van der Waals surface area contributed by atoms with Gasteiger partial charge in [-0.05, 0) is 44.5 Å².